The van der Waals surface area contributed by atoms with Crippen molar-refractivity contribution in [2.45, 2.75) is 19.1 Å². The molecule has 1 aliphatic rings. The predicted molar refractivity (Wildman–Crippen MR) is 92.2 cm³/mol. The molecule has 0 spiro atoms. The summed E-state index contributed by atoms with van der Waals surface area (Å²) in [6.07, 6.45) is 0.232. The fraction of sp³-hybridized carbons (Fsp3) is 0.222. The molecule has 1 atom stereocenters. The fourth-order valence-corrected chi connectivity index (χ4v) is 2.94. The first kappa shape index (κ1) is 16.5. The molecule has 0 unspecified atom stereocenters. The summed E-state index contributed by atoms with van der Waals surface area (Å²) in [5.74, 6) is 0.00228. The number of rotatable bonds is 3. The van der Waals surface area contributed by atoms with Gasteiger partial charge in [0.05, 0.1) is 12.7 Å². The minimum atomic E-state index is -1.55. The topological polar surface area (TPSA) is 62.1 Å². The van der Waals surface area contributed by atoms with Crippen LogP contribution in [0.2, 0.25) is 5.02 Å². The maximum atomic E-state index is 13.0. The van der Waals surface area contributed by atoms with E-state index in [-0.39, 0.29) is 6.42 Å². The lowest BCUT2D eigenvalue weighted by Gasteiger charge is -2.31. The number of carbonyl (C=O) groups excluding carboxylic acids is 1. The molecular formula is C18H17ClN2O3. The number of carbonyl (C=O) groups is 1. The summed E-state index contributed by atoms with van der Waals surface area (Å²) in [5.41, 5.74) is 0.00404. The number of para-hydroxylation sites is 1. The van der Waals surface area contributed by atoms with Crippen LogP contribution in [-0.2, 0) is 5.72 Å². The number of halogens is 1. The van der Waals surface area contributed by atoms with Crippen molar-refractivity contribution in [3.8, 4) is 5.75 Å². The molecule has 6 heteroatoms. The molecule has 2 aromatic rings. The molecule has 0 saturated carbocycles. The quantitative estimate of drug-likeness (QED) is 0.928. The lowest BCUT2D eigenvalue weighted by Crippen LogP contribution is -2.43. The van der Waals surface area contributed by atoms with Gasteiger partial charge >= 0.3 is 0 Å². The highest BCUT2D eigenvalue weighted by atomic mass is 35.5. The van der Waals surface area contributed by atoms with Crippen LogP contribution in [0.1, 0.15) is 29.3 Å². The van der Waals surface area contributed by atoms with Gasteiger partial charge in [0.1, 0.15) is 5.75 Å². The third-order valence-electron chi connectivity index (χ3n) is 3.96. The van der Waals surface area contributed by atoms with Gasteiger partial charge in [-0.05, 0) is 31.2 Å². The Bertz CT molecular complexity index is 804. The molecule has 1 amide bonds. The first-order valence-corrected chi connectivity index (χ1v) is 7.83. The number of hydrazone groups is 1. The van der Waals surface area contributed by atoms with Crippen LogP contribution < -0.4 is 4.74 Å². The van der Waals surface area contributed by atoms with Crippen molar-refractivity contribution in [3.63, 3.8) is 0 Å². The van der Waals surface area contributed by atoms with E-state index in [1.54, 1.807) is 55.5 Å². The molecule has 0 saturated heterocycles. The van der Waals surface area contributed by atoms with E-state index in [1.807, 2.05) is 0 Å². The minimum absolute atomic E-state index is 0.232. The Morgan fingerprint density at radius 2 is 1.92 bits per heavy atom. The number of hydrogen-bond donors (Lipinski definition) is 1. The Balaban J connectivity index is 2.04. The molecule has 5 nitrogen and oxygen atoms in total. The molecule has 2 aromatic carbocycles. The average molecular weight is 345 g/mol. The van der Waals surface area contributed by atoms with Gasteiger partial charge in [-0.15, -0.1) is 0 Å². The van der Waals surface area contributed by atoms with Gasteiger partial charge < -0.3 is 9.84 Å². The smallest absolute Gasteiger partial charge is 0.280 e. The van der Waals surface area contributed by atoms with Crippen molar-refractivity contribution >= 4 is 23.2 Å². The SMILES string of the molecule is COc1ccccc1C(=O)N1N=C(C)C[C@@]1(O)c1ccc(Cl)cc1. The Hall–Kier alpha value is -2.37. The summed E-state index contributed by atoms with van der Waals surface area (Å²) < 4.78 is 5.25. The number of methoxy groups -OCH3 is 1. The van der Waals surface area contributed by atoms with Crippen LogP contribution in [0.5, 0.6) is 5.75 Å². The summed E-state index contributed by atoms with van der Waals surface area (Å²) in [6.45, 7) is 1.77. The Morgan fingerprint density at radius 3 is 2.58 bits per heavy atom. The van der Waals surface area contributed by atoms with E-state index in [4.69, 9.17) is 16.3 Å². The van der Waals surface area contributed by atoms with Gasteiger partial charge in [-0.2, -0.15) is 10.1 Å². The van der Waals surface area contributed by atoms with Gasteiger partial charge in [-0.1, -0.05) is 35.9 Å². The zero-order chi connectivity index (χ0) is 17.3. The van der Waals surface area contributed by atoms with Gasteiger partial charge in [0.2, 0.25) is 0 Å². The van der Waals surface area contributed by atoms with Crippen molar-refractivity contribution < 1.29 is 14.6 Å². The number of ether oxygens (including phenoxy) is 1. The van der Waals surface area contributed by atoms with Gasteiger partial charge in [-0.3, -0.25) is 4.79 Å². The maximum Gasteiger partial charge on any atom is 0.280 e. The summed E-state index contributed by atoms with van der Waals surface area (Å²) in [6, 6.07) is 13.6. The number of benzene rings is 2. The number of amides is 1. The number of hydrogen-bond acceptors (Lipinski definition) is 4. The summed E-state index contributed by atoms with van der Waals surface area (Å²) >= 11 is 5.92. The molecule has 0 fully saturated rings. The molecule has 1 aliphatic heterocycles. The Morgan fingerprint density at radius 1 is 1.25 bits per heavy atom. The van der Waals surface area contributed by atoms with Gasteiger partial charge in [0, 0.05) is 22.7 Å². The molecule has 0 bridgehead atoms. The largest absolute Gasteiger partial charge is 0.496 e. The molecule has 124 valence electrons. The van der Waals surface area contributed by atoms with E-state index in [0.717, 1.165) is 5.01 Å². The van der Waals surface area contributed by atoms with Crippen LogP contribution in [0, 0.1) is 0 Å². The van der Waals surface area contributed by atoms with E-state index in [2.05, 4.69) is 5.10 Å². The zero-order valence-corrected chi connectivity index (χ0v) is 14.1. The van der Waals surface area contributed by atoms with E-state index in [1.165, 1.54) is 7.11 Å². The van der Waals surface area contributed by atoms with Gasteiger partial charge in [0.25, 0.3) is 5.91 Å². The second kappa shape index (κ2) is 6.26. The normalized spacial score (nSPS) is 20.0. The van der Waals surface area contributed by atoms with Crippen molar-refractivity contribution in [3.05, 3.63) is 64.7 Å². The Kier molecular flexibility index (Phi) is 4.30. The van der Waals surface area contributed by atoms with Crippen molar-refractivity contribution in [2.75, 3.05) is 7.11 Å². The van der Waals surface area contributed by atoms with E-state index in [0.29, 0.717) is 27.6 Å². The summed E-state index contributed by atoms with van der Waals surface area (Å²) in [5, 5.41) is 17.1. The van der Waals surface area contributed by atoms with Crippen LogP contribution in [0.4, 0.5) is 0 Å². The van der Waals surface area contributed by atoms with Crippen LogP contribution in [-0.4, -0.2) is 28.8 Å². The first-order valence-electron chi connectivity index (χ1n) is 7.46. The maximum absolute atomic E-state index is 13.0. The van der Waals surface area contributed by atoms with E-state index in [9.17, 15) is 9.90 Å². The summed E-state index contributed by atoms with van der Waals surface area (Å²) in [4.78, 5) is 13.0. The van der Waals surface area contributed by atoms with Crippen LogP contribution >= 0.6 is 11.6 Å². The van der Waals surface area contributed by atoms with E-state index >= 15 is 0 Å². The second-order valence-electron chi connectivity index (χ2n) is 5.65. The Labute approximate surface area is 145 Å². The molecule has 0 aliphatic carbocycles. The second-order valence-corrected chi connectivity index (χ2v) is 6.09. The average Bonchev–Trinajstić information content (AvgIpc) is 2.90. The molecule has 1 N–H and O–H groups in total. The van der Waals surface area contributed by atoms with Crippen LogP contribution in [0.15, 0.2) is 53.6 Å². The molecule has 0 radical (unpaired) electrons. The highest BCUT2D eigenvalue weighted by Gasteiger charge is 2.45. The molecule has 0 aromatic heterocycles. The lowest BCUT2D eigenvalue weighted by molar-refractivity contribution is -0.0766. The van der Waals surface area contributed by atoms with Crippen molar-refractivity contribution in [1.29, 1.82) is 0 Å². The van der Waals surface area contributed by atoms with Crippen molar-refractivity contribution in [1.82, 2.24) is 5.01 Å². The summed E-state index contributed by atoms with van der Waals surface area (Å²) in [7, 11) is 1.50. The molecular weight excluding hydrogens is 328 g/mol. The molecule has 3 rings (SSSR count). The fourth-order valence-electron chi connectivity index (χ4n) is 2.81. The van der Waals surface area contributed by atoms with Gasteiger partial charge in [0.15, 0.2) is 5.72 Å². The first-order chi connectivity index (χ1) is 11.5. The number of nitrogens with zero attached hydrogens (tertiary/aromatic N) is 2. The highest BCUT2D eigenvalue weighted by Crippen LogP contribution is 2.37. The molecule has 24 heavy (non-hydrogen) atoms. The minimum Gasteiger partial charge on any atom is -0.496 e. The van der Waals surface area contributed by atoms with E-state index < -0.39 is 11.6 Å². The third kappa shape index (κ3) is 2.77. The van der Waals surface area contributed by atoms with Crippen molar-refractivity contribution in [2.24, 2.45) is 5.10 Å². The predicted octanol–water partition coefficient (Wildman–Crippen LogP) is 3.42. The van der Waals surface area contributed by atoms with Crippen LogP contribution in [0.25, 0.3) is 0 Å². The third-order valence-corrected chi connectivity index (χ3v) is 4.21. The highest BCUT2D eigenvalue weighted by molar-refractivity contribution is 6.30. The van der Waals surface area contributed by atoms with Gasteiger partial charge in [-0.25, -0.2) is 0 Å². The monoisotopic (exact) mass is 344 g/mol. The standard InChI is InChI=1S/C18H17ClN2O3/c1-12-11-18(23,13-7-9-14(19)10-8-13)21(20-12)17(22)15-5-3-4-6-16(15)24-2/h3-10,23H,11H2,1-2H3/t18-/m1/s1. The lowest BCUT2D eigenvalue weighted by atomic mass is 9.97. The van der Waals surface area contributed by atoms with Crippen LogP contribution in [0.3, 0.4) is 0 Å². The number of aliphatic hydroxyl groups is 1. The molecule has 1 heterocycles. The zero-order valence-electron chi connectivity index (χ0n) is 13.4.